The van der Waals surface area contributed by atoms with Crippen molar-refractivity contribution in [1.29, 1.82) is 0 Å². The Hall–Kier alpha value is -1.58. The summed E-state index contributed by atoms with van der Waals surface area (Å²) < 4.78 is -0.610. The van der Waals surface area contributed by atoms with Gasteiger partial charge in [0.1, 0.15) is 23.5 Å². The zero-order valence-electron chi connectivity index (χ0n) is 12.6. The van der Waals surface area contributed by atoms with Gasteiger partial charge in [0.25, 0.3) is 0 Å². The van der Waals surface area contributed by atoms with E-state index in [0.29, 0.717) is 5.56 Å². The Bertz CT molecular complexity index is 661. The average molecular weight is 355 g/mol. The number of carbonyl (C=O) groups excluding carboxylic acids is 2. The van der Waals surface area contributed by atoms with Gasteiger partial charge in [0.2, 0.25) is 11.8 Å². The summed E-state index contributed by atoms with van der Waals surface area (Å²) >= 11 is 2.83. The van der Waals surface area contributed by atoms with E-state index in [4.69, 9.17) is 5.73 Å². The molecule has 3 rings (SSSR count). The molecule has 0 bridgehead atoms. The lowest BCUT2D eigenvalue weighted by molar-refractivity contribution is -0.161. The van der Waals surface area contributed by atoms with Crippen LogP contribution < -0.4 is 11.1 Å². The number of carboxylic acids is 1. The number of carbonyl (C=O) groups is 3. The molecular formula is C14H17N3O4S2. The van der Waals surface area contributed by atoms with Crippen molar-refractivity contribution >= 4 is 40.9 Å². The fourth-order valence-electron chi connectivity index (χ4n) is 2.99. The van der Waals surface area contributed by atoms with Crippen LogP contribution in [0.1, 0.15) is 25.5 Å². The lowest BCUT2D eigenvalue weighted by Gasteiger charge is -2.43. The van der Waals surface area contributed by atoms with Crippen LogP contribution in [-0.4, -0.2) is 50.0 Å². The van der Waals surface area contributed by atoms with Gasteiger partial charge in [0.05, 0.1) is 0 Å². The molecule has 23 heavy (non-hydrogen) atoms. The Labute approximate surface area is 141 Å². The Morgan fingerprint density at radius 1 is 1.48 bits per heavy atom. The van der Waals surface area contributed by atoms with Crippen molar-refractivity contribution in [1.82, 2.24) is 10.2 Å². The van der Waals surface area contributed by atoms with Crippen LogP contribution in [0.15, 0.2) is 16.8 Å². The standard InChI is InChI=1S/C14H17N3O4S2/c1-14(2)9(13(20)21)17-11(19)8(12(17)23-14)16-10(18)7(15)6-3-4-22-5-6/h3-5,7-9,12H,15H2,1-2H3,(H,16,18)(H,20,21)/t7?,8?,9-,12+/m0/s1. The monoisotopic (exact) mass is 355 g/mol. The zero-order valence-corrected chi connectivity index (χ0v) is 14.2. The van der Waals surface area contributed by atoms with Crippen LogP contribution in [0.2, 0.25) is 0 Å². The number of thiophene rings is 1. The first kappa shape index (κ1) is 16.3. The van der Waals surface area contributed by atoms with Crippen LogP contribution in [0.5, 0.6) is 0 Å². The number of amides is 2. The molecule has 2 amide bonds. The highest BCUT2D eigenvalue weighted by atomic mass is 32.2. The predicted octanol–water partition coefficient (Wildman–Crippen LogP) is 0.380. The first-order valence-corrected chi connectivity index (χ1v) is 8.87. The molecule has 3 heterocycles. The van der Waals surface area contributed by atoms with Gasteiger partial charge in [-0.05, 0) is 36.2 Å². The molecule has 4 atom stereocenters. The molecule has 2 unspecified atom stereocenters. The minimum Gasteiger partial charge on any atom is -0.480 e. The van der Waals surface area contributed by atoms with Crippen LogP contribution >= 0.6 is 23.1 Å². The van der Waals surface area contributed by atoms with Crippen LogP contribution in [0, 0.1) is 0 Å². The summed E-state index contributed by atoms with van der Waals surface area (Å²) in [4.78, 5) is 37.3. The van der Waals surface area contributed by atoms with Crippen molar-refractivity contribution in [3.05, 3.63) is 22.4 Å². The Balaban J connectivity index is 1.71. The van der Waals surface area contributed by atoms with Gasteiger partial charge in [0.15, 0.2) is 0 Å². The Morgan fingerprint density at radius 3 is 2.74 bits per heavy atom. The Morgan fingerprint density at radius 2 is 2.17 bits per heavy atom. The number of hydrogen-bond acceptors (Lipinski definition) is 6. The zero-order chi connectivity index (χ0) is 16.9. The van der Waals surface area contributed by atoms with Crippen molar-refractivity contribution < 1.29 is 19.5 Å². The number of nitrogens with two attached hydrogens (primary N) is 1. The van der Waals surface area contributed by atoms with E-state index in [9.17, 15) is 19.5 Å². The summed E-state index contributed by atoms with van der Waals surface area (Å²) in [5.41, 5.74) is 6.58. The van der Waals surface area contributed by atoms with Gasteiger partial charge in [-0.25, -0.2) is 4.79 Å². The smallest absolute Gasteiger partial charge is 0.327 e. The summed E-state index contributed by atoms with van der Waals surface area (Å²) in [7, 11) is 0. The van der Waals surface area contributed by atoms with E-state index in [0.717, 1.165) is 0 Å². The van der Waals surface area contributed by atoms with Crippen molar-refractivity contribution in [3.63, 3.8) is 0 Å². The number of rotatable bonds is 4. The van der Waals surface area contributed by atoms with Gasteiger partial charge in [-0.1, -0.05) is 0 Å². The molecule has 1 aromatic heterocycles. The number of carboxylic acid groups (broad SMARTS) is 1. The highest BCUT2D eigenvalue weighted by molar-refractivity contribution is 8.01. The van der Waals surface area contributed by atoms with Gasteiger partial charge in [-0.3, -0.25) is 9.59 Å². The topological polar surface area (TPSA) is 113 Å². The highest BCUT2D eigenvalue weighted by Gasteiger charge is 2.64. The van der Waals surface area contributed by atoms with E-state index in [1.54, 1.807) is 25.3 Å². The second kappa shape index (κ2) is 5.50. The molecule has 0 spiro atoms. The first-order chi connectivity index (χ1) is 10.7. The van der Waals surface area contributed by atoms with Gasteiger partial charge >= 0.3 is 5.97 Å². The molecule has 9 heteroatoms. The van der Waals surface area contributed by atoms with Crippen molar-refractivity contribution in [2.75, 3.05) is 0 Å². The molecule has 1 aromatic rings. The Kier molecular flexibility index (Phi) is 3.89. The number of aliphatic carboxylic acids is 1. The van der Waals surface area contributed by atoms with E-state index in [2.05, 4.69) is 5.32 Å². The minimum absolute atomic E-state index is 0.364. The van der Waals surface area contributed by atoms with E-state index in [1.165, 1.54) is 28.0 Å². The number of fused-ring (bicyclic) bond motifs is 1. The number of thioether (sulfide) groups is 1. The predicted molar refractivity (Wildman–Crippen MR) is 86.9 cm³/mol. The normalized spacial score (nSPS) is 29.6. The largest absolute Gasteiger partial charge is 0.480 e. The number of hydrogen-bond donors (Lipinski definition) is 3. The summed E-state index contributed by atoms with van der Waals surface area (Å²) in [6, 6.07) is -0.681. The van der Waals surface area contributed by atoms with E-state index >= 15 is 0 Å². The lowest BCUT2D eigenvalue weighted by atomic mass is 9.96. The molecule has 4 N–H and O–H groups in total. The van der Waals surface area contributed by atoms with Crippen molar-refractivity contribution in [3.8, 4) is 0 Å². The molecular weight excluding hydrogens is 338 g/mol. The molecule has 0 radical (unpaired) electrons. The maximum Gasteiger partial charge on any atom is 0.327 e. The fraction of sp³-hybridized carbons (Fsp3) is 0.500. The van der Waals surface area contributed by atoms with Gasteiger partial charge in [0, 0.05) is 4.75 Å². The third-order valence-electron chi connectivity index (χ3n) is 4.16. The van der Waals surface area contributed by atoms with Crippen LogP contribution in [0.3, 0.4) is 0 Å². The average Bonchev–Trinajstić information content (AvgIpc) is 3.08. The van der Waals surface area contributed by atoms with Crippen LogP contribution in [0.25, 0.3) is 0 Å². The summed E-state index contributed by atoms with van der Waals surface area (Å²) in [5.74, 6) is -1.83. The minimum atomic E-state index is -1.03. The van der Waals surface area contributed by atoms with Gasteiger partial charge < -0.3 is 21.1 Å². The maximum atomic E-state index is 12.3. The third-order valence-corrected chi connectivity index (χ3v) is 6.43. The number of β-lactam (4-membered cyclic amide) rings is 1. The third kappa shape index (κ3) is 2.52. The molecule has 2 saturated heterocycles. The van der Waals surface area contributed by atoms with Gasteiger partial charge in [-0.15, -0.1) is 11.8 Å². The SMILES string of the molecule is CC1(C)S[C@@H]2C(NC(=O)C(N)c3ccsc3)C(=O)N2[C@H]1C(=O)O. The molecule has 2 aliphatic heterocycles. The quantitative estimate of drug-likeness (QED) is 0.673. The molecule has 0 aliphatic carbocycles. The molecule has 0 saturated carbocycles. The summed E-state index contributed by atoms with van der Waals surface area (Å²) in [6.45, 7) is 3.58. The maximum absolute atomic E-state index is 12.3. The van der Waals surface area contributed by atoms with Crippen molar-refractivity contribution in [2.45, 2.75) is 42.1 Å². The van der Waals surface area contributed by atoms with E-state index < -0.39 is 34.7 Å². The molecule has 0 aromatic carbocycles. The van der Waals surface area contributed by atoms with E-state index in [-0.39, 0.29) is 11.3 Å². The summed E-state index contributed by atoms with van der Waals surface area (Å²) in [5, 5.41) is 15.3. The molecule has 2 aliphatic rings. The number of nitrogens with zero attached hydrogens (tertiary/aromatic N) is 1. The molecule has 124 valence electrons. The molecule has 2 fully saturated rings. The summed E-state index contributed by atoms with van der Waals surface area (Å²) in [6.07, 6.45) is 0. The van der Waals surface area contributed by atoms with Crippen LogP contribution in [-0.2, 0) is 14.4 Å². The second-order valence-corrected chi connectivity index (χ2v) is 8.67. The van der Waals surface area contributed by atoms with Gasteiger partial charge in [-0.2, -0.15) is 11.3 Å². The number of nitrogens with one attached hydrogen (secondary N) is 1. The van der Waals surface area contributed by atoms with Crippen molar-refractivity contribution in [2.24, 2.45) is 5.73 Å². The first-order valence-electron chi connectivity index (χ1n) is 7.05. The molecule has 7 nitrogen and oxygen atoms in total. The van der Waals surface area contributed by atoms with E-state index in [1.807, 2.05) is 5.38 Å². The fourth-order valence-corrected chi connectivity index (χ4v) is 5.31. The van der Waals surface area contributed by atoms with Crippen LogP contribution in [0.4, 0.5) is 0 Å². The highest BCUT2D eigenvalue weighted by Crippen LogP contribution is 2.50. The lowest BCUT2D eigenvalue weighted by Crippen LogP contribution is -2.71. The second-order valence-electron chi connectivity index (χ2n) is 6.12.